The lowest BCUT2D eigenvalue weighted by atomic mass is 10.0. The van der Waals surface area contributed by atoms with Gasteiger partial charge in [0.15, 0.2) is 9.84 Å². The lowest BCUT2D eigenvalue weighted by Crippen LogP contribution is -2.57. The molecule has 0 aromatic heterocycles. The molecule has 1 heterocycles. The molecule has 2 aromatic rings. The maximum atomic E-state index is 13.1. The van der Waals surface area contributed by atoms with Gasteiger partial charge in [0.05, 0.1) is 23.2 Å². The molecule has 0 N–H and O–H groups in total. The molecule has 2 aromatic carbocycles. The van der Waals surface area contributed by atoms with E-state index in [1.807, 2.05) is 57.2 Å². The average Bonchev–Trinajstić information content (AvgIpc) is 2.51. The second-order valence-electron chi connectivity index (χ2n) is 7.15. The summed E-state index contributed by atoms with van der Waals surface area (Å²) in [5.41, 5.74) is 0.518. The van der Waals surface area contributed by atoms with Crippen molar-refractivity contribution in [2.75, 3.05) is 25.4 Å². The molecule has 5 nitrogen and oxygen atoms in total. The molecule has 26 heavy (non-hydrogen) atoms. The normalized spacial score (nSPS) is 15.3. The minimum Gasteiger partial charge on any atom is -0.493 e. The van der Waals surface area contributed by atoms with E-state index in [1.165, 1.54) is 0 Å². The number of nitrogens with zero attached hydrogens (tertiary/aromatic N) is 1. The van der Waals surface area contributed by atoms with Crippen LogP contribution in [0.15, 0.2) is 36.4 Å². The van der Waals surface area contributed by atoms with Gasteiger partial charge in [-0.2, -0.15) is 0 Å². The van der Waals surface area contributed by atoms with E-state index in [1.54, 1.807) is 4.90 Å². The van der Waals surface area contributed by atoms with Gasteiger partial charge in [-0.1, -0.05) is 44.2 Å². The summed E-state index contributed by atoms with van der Waals surface area (Å²) in [6.07, 6.45) is 0. The average molecular weight is 375 g/mol. The van der Waals surface area contributed by atoms with E-state index >= 15 is 0 Å². The number of sulfone groups is 1. The van der Waals surface area contributed by atoms with Crippen molar-refractivity contribution in [1.82, 2.24) is 4.90 Å². The smallest absolute Gasteiger partial charge is 0.258 e. The molecule has 1 fully saturated rings. The van der Waals surface area contributed by atoms with Gasteiger partial charge in [-0.05, 0) is 29.7 Å². The summed E-state index contributed by atoms with van der Waals surface area (Å²) in [5, 5.41) is 1.33. The number of fused-ring (bicyclic) bond motifs is 1. The number of carbonyl (C=O) groups excluding carboxylic acids is 1. The van der Waals surface area contributed by atoms with Crippen molar-refractivity contribution in [3.05, 3.63) is 42.0 Å². The fourth-order valence-electron chi connectivity index (χ4n) is 3.34. The van der Waals surface area contributed by atoms with Gasteiger partial charge in [0.1, 0.15) is 5.75 Å². The van der Waals surface area contributed by atoms with Crippen LogP contribution in [-0.2, 0) is 9.84 Å². The van der Waals surface area contributed by atoms with Crippen LogP contribution in [0, 0.1) is 5.92 Å². The van der Waals surface area contributed by atoms with Gasteiger partial charge in [-0.15, -0.1) is 0 Å². The van der Waals surface area contributed by atoms with Gasteiger partial charge in [0, 0.05) is 13.1 Å². The van der Waals surface area contributed by atoms with Crippen molar-refractivity contribution in [3.8, 4) is 5.75 Å². The molecular formula is C20H25NO4S. The van der Waals surface area contributed by atoms with Crippen LogP contribution in [0.3, 0.4) is 0 Å². The molecule has 0 unspecified atom stereocenters. The second-order valence-corrected chi connectivity index (χ2v) is 9.47. The van der Waals surface area contributed by atoms with E-state index < -0.39 is 15.1 Å². The molecule has 0 spiro atoms. The fraction of sp³-hybridized carbons (Fsp3) is 0.450. The van der Waals surface area contributed by atoms with E-state index in [9.17, 15) is 13.2 Å². The van der Waals surface area contributed by atoms with E-state index in [2.05, 4.69) is 0 Å². The van der Waals surface area contributed by atoms with E-state index in [-0.39, 0.29) is 30.7 Å². The molecule has 1 saturated heterocycles. The molecule has 6 heteroatoms. The first-order valence-electron chi connectivity index (χ1n) is 8.99. The Kier molecular flexibility index (Phi) is 5.23. The van der Waals surface area contributed by atoms with Crippen LogP contribution in [0.2, 0.25) is 0 Å². The highest BCUT2D eigenvalue weighted by Gasteiger charge is 2.40. The highest BCUT2D eigenvalue weighted by Crippen LogP contribution is 2.31. The monoisotopic (exact) mass is 375 g/mol. The maximum Gasteiger partial charge on any atom is 0.258 e. The van der Waals surface area contributed by atoms with Crippen molar-refractivity contribution in [2.24, 2.45) is 5.92 Å². The predicted molar refractivity (Wildman–Crippen MR) is 103 cm³/mol. The van der Waals surface area contributed by atoms with E-state index in [0.29, 0.717) is 17.9 Å². The molecule has 3 rings (SSSR count). The minimum absolute atomic E-state index is 0.0902. The van der Waals surface area contributed by atoms with Gasteiger partial charge in [0.25, 0.3) is 5.91 Å². The fourth-order valence-corrected chi connectivity index (χ4v) is 5.35. The first-order valence-corrected chi connectivity index (χ1v) is 10.7. The van der Waals surface area contributed by atoms with Crippen molar-refractivity contribution in [1.29, 1.82) is 0 Å². The van der Waals surface area contributed by atoms with Crippen LogP contribution in [-0.4, -0.2) is 49.9 Å². The van der Waals surface area contributed by atoms with Crippen molar-refractivity contribution in [3.63, 3.8) is 0 Å². The highest BCUT2D eigenvalue weighted by molar-refractivity contribution is 7.92. The zero-order valence-electron chi connectivity index (χ0n) is 15.4. The number of likely N-dealkylation sites (tertiary alicyclic amines) is 1. The summed E-state index contributed by atoms with van der Waals surface area (Å²) in [7, 11) is -3.16. The van der Waals surface area contributed by atoms with Crippen LogP contribution in [0.1, 0.15) is 31.1 Å². The summed E-state index contributed by atoms with van der Waals surface area (Å²) in [5.74, 6) is 0.635. The lowest BCUT2D eigenvalue weighted by Gasteiger charge is -2.39. The molecular weight excluding hydrogens is 350 g/mol. The van der Waals surface area contributed by atoms with Crippen molar-refractivity contribution in [2.45, 2.75) is 26.0 Å². The Labute approximate surface area is 154 Å². The van der Waals surface area contributed by atoms with Crippen molar-refractivity contribution < 1.29 is 17.9 Å². The summed E-state index contributed by atoms with van der Waals surface area (Å²) in [4.78, 5) is 14.7. The Morgan fingerprint density at radius 1 is 1.19 bits per heavy atom. The summed E-state index contributed by atoms with van der Waals surface area (Å²) >= 11 is 0. The summed E-state index contributed by atoms with van der Waals surface area (Å²) < 4.78 is 30.4. The van der Waals surface area contributed by atoms with Gasteiger partial charge in [-0.3, -0.25) is 4.79 Å². The van der Waals surface area contributed by atoms with Crippen LogP contribution < -0.4 is 4.74 Å². The number of hydrogen-bond acceptors (Lipinski definition) is 4. The largest absolute Gasteiger partial charge is 0.493 e. The zero-order chi connectivity index (χ0) is 18.9. The number of carbonyl (C=O) groups is 1. The zero-order valence-corrected chi connectivity index (χ0v) is 16.3. The number of amides is 1. The Morgan fingerprint density at radius 3 is 2.54 bits per heavy atom. The Balaban J connectivity index is 1.86. The van der Waals surface area contributed by atoms with Gasteiger partial charge < -0.3 is 9.64 Å². The van der Waals surface area contributed by atoms with Crippen molar-refractivity contribution >= 4 is 26.5 Å². The van der Waals surface area contributed by atoms with Crippen LogP contribution in [0.25, 0.3) is 10.8 Å². The van der Waals surface area contributed by atoms with Gasteiger partial charge in [-0.25, -0.2) is 8.42 Å². The lowest BCUT2D eigenvalue weighted by molar-refractivity contribution is 0.0657. The molecule has 1 aliphatic rings. The Morgan fingerprint density at radius 2 is 1.88 bits per heavy atom. The molecule has 0 atom stereocenters. The molecule has 140 valence electrons. The van der Waals surface area contributed by atoms with Crippen LogP contribution >= 0.6 is 0 Å². The quantitative estimate of drug-likeness (QED) is 0.778. The first kappa shape index (κ1) is 18.7. The third kappa shape index (κ3) is 3.56. The predicted octanol–water partition coefficient (Wildman–Crippen LogP) is 3.13. The van der Waals surface area contributed by atoms with Crippen LogP contribution in [0.5, 0.6) is 5.75 Å². The third-order valence-electron chi connectivity index (χ3n) is 4.61. The number of benzene rings is 2. The standard InChI is InChI=1S/C20H25NO4S/c1-4-25-18-10-9-15-7-5-6-8-17(15)19(18)20(22)21-11-16(12-21)26(23,24)13-14(2)3/h5-10,14,16H,4,11-13H2,1-3H3. The third-order valence-corrected chi connectivity index (χ3v) is 7.06. The second kappa shape index (κ2) is 7.27. The maximum absolute atomic E-state index is 13.1. The molecule has 0 bridgehead atoms. The number of rotatable bonds is 6. The topological polar surface area (TPSA) is 63.7 Å². The SMILES string of the molecule is CCOc1ccc2ccccc2c1C(=O)N1CC(S(=O)(=O)CC(C)C)C1. The number of hydrogen-bond donors (Lipinski definition) is 0. The van der Waals surface area contributed by atoms with Crippen LogP contribution in [0.4, 0.5) is 0 Å². The van der Waals surface area contributed by atoms with E-state index in [0.717, 1.165) is 10.8 Å². The Bertz CT molecular complexity index is 915. The summed E-state index contributed by atoms with van der Waals surface area (Å²) in [6.45, 7) is 6.63. The molecule has 0 radical (unpaired) electrons. The van der Waals surface area contributed by atoms with Gasteiger partial charge >= 0.3 is 0 Å². The van der Waals surface area contributed by atoms with E-state index in [4.69, 9.17) is 4.74 Å². The number of ether oxygens (including phenoxy) is 1. The molecule has 0 saturated carbocycles. The molecule has 1 aliphatic heterocycles. The highest BCUT2D eigenvalue weighted by atomic mass is 32.2. The molecule has 0 aliphatic carbocycles. The van der Waals surface area contributed by atoms with Gasteiger partial charge in [0.2, 0.25) is 0 Å². The Hall–Kier alpha value is -2.08. The molecule has 1 amide bonds. The first-order chi connectivity index (χ1) is 12.3. The minimum atomic E-state index is -3.16. The summed E-state index contributed by atoms with van der Waals surface area (Å²) in [6, 6.07) is 11.4.